The first-order valence-corrected chi connectivity index (χ1v) is 11.9. The molecule has 0 saturated heterocycles. The van der Waals surface area contributed by atoms with E-state index in [4.69, 9.17) is 52.9 Å². The van der Waals surface area contributed by atoms with Crippen molar-refractivity contribution in [3.8, 4) is 0 Å². The molecule has 0 aliphatic carbocycles. The van der Waals surface area contributed by atoms with E-state index in [9.17, 15) is 0 Å². The number of carboxylic acid groups (broad SMARTS) is 4. The van der Waals surface area contributed by atoms with E-state index in [1.165, 1.54) is 0 Å². The first-order chi connectivity index (χ1) is 19.0. The Morgan fingerprint density at radius 3 is 0.707 bits per heavy atom. The molecule has 41 heavy (non-hydrogen) atoms. The molecule has 4 unspecified atom stereocenters. The molecule has 0 aliphatic heterocycles. The summed E-state index contributed by atoms with van der Waals surface area (Å²) in [6.07, 6.45) is -4.17. The van der Waals surface area contributed by atoms with Crippen LogP contribution in [0.4, 0.5) is 9.59 Å². The fraction of sp³-hybridized carbons (Fsp3) is 0.133. The van der Waals surface area contributed by atoms with E-state index in [1.807, 2.05) is 121 Å². The minimum atomic E-state index is -2.33. The molecular formula is C30H30CoN4O6-3. The Morgan fingerprint density at radius 2 is 0.585 bits per heavy atom. The fourth-order valence-electron chi connectivity index (χ4n) is 3.41. The van der Waals surface area contributed by atoms with E-state index >= 15 is 0 Å². The molecule has 0 spiro atoms. The van der Waals surface area contributed by atoms with Gasteiger partial charge >= 0.3 is 22.9 Å². The largest absolute Gasteiger partial charge is 3.00 e. The van der Waals surface area contributed by atoms with Gasteiger partial charge in [0, 0.05) is 0 Å². The Labute approximate surface area is 249 Å². The molecule has 4 aromatic carbocycles. The van der Waals surface area contributed by atoms with Crippen LogP contribution >= 0.6 is 0 Å². The van der Waals surface area contributed by atoms with Gasteiger partial charge in [0.05, 0.1) is 0 Å². The van der Waals surface area contributed by atoms with Crippen LogP contribution in [0, 0.1) is 0 Å². The maximum absolute atomic E-state index is 8.56. The van der Waals surface area contributed by atoms with Gasteiger partial charge in [-0.2, -0.15) is 0 Å². The standard InChI is InChI=1S/2C14H14N2.2CH2O3.Co/c2*15-13(11-7-3-1-4-8-11)14(16)12-9-5-2-6-10-12;2*2-1(3)4;/h2*1-10,13-16H;2*(H2,2,3,4);/q2*-2;;;+3/p-2. The zero-order valence-corrected chi connectivity index (χ0v) is 22.8. The smallest absolute Gasteiger partial charge is 0.672 e. The van der Waals surface area contributed by atoms with Crippen molar-refractivity contribution >= 4 is 12.3 Å². The van der Waals surface area contributed by atoms with E-state index < -0.39 is 36.5 Å². The number of carbonyl (C=O) groups is 2. The second-order valence-corrected chi connectivity index (χ2v) is 8.09. The molecule has 0 heterocycles. The van der Waals surface area contributed by atoms with E-state index in [2.05, 4.69) is 0 Å². The van der Waals surface area contributed by atoms with Gasteiger partial charge in [0.15, 0.2) is 0 Å². The normalized spacial score (nSPS) is 12.4. The Balaban J connectivity index is 0.000000609. The minimum Gasteiger partial charge on any atom is -0.672 e. The number of hydrogen-bond donors (Lipinski definition) is 2. The molecule has 0 bridgehead atoms. The second kappa shape index (κ2) is 20.6. The Bertz CT molecular complexity index is 1050. The van der Waals surface area contributed by atoms with Gasteiger partial charge in [-0.1, -0.05) is 144 Å². The molecule has 4 atom stereocenters. The first-order valence-electron chi connectivity index (χ1n) is 11.9. The maximum Gasteiger partial charge on any atom is 3.00 e. The maximum atomic E-state index is 8.56. The Hall–Kier alpha value is -4.23. The van der Waals surface area contributed by atoms with Crippen LogP contribution in [-0.4, -0.2) is 22.5 Å². The van der Waals surface area contributed by atoms with Gasteiger partial charge in [0.25, 0.3) is 0 Å². The summed E-state index contributed by atoms with van der Waals surface area (Å²) in [5.74, 6) is 0. The molecule has 4 rings (SSSR count). The number of hydrogen-bond acceptors (Lipinski definition) is 4. The molecule has 6 N–H and O–H groups in total. The topological polar surface area (TPSA) is 216 Å². The molecule has 10 nitrogen and oxygen atoms in total. The van der Waals surface area contributed by atoms with Crippen LogP contribution in [0.5, 0.6) is 0 Å². The average Bonchev–Trinajstić information content (AvgIpc) is 2.97. The van der Waals surface area contributed by atoms with Crippen molar-refractivity contribution in [1.82, 2.24) is 0 Å². The SMILES string of the molecule is O=C(O)O.O=C([O-])[O-].[Co+3].[NH-]C(c1ccccc1)C([NH-])c1ccccc1.[NH-]C(c1ccccc1)C([NH-])c1ccccc1. The summed E-state index contributed by atoms with van der Waals surface area (Å²) >= 11 is 0. The third kappa shape index (κ3) is 15.2. The van der Waals surface area contributed by atoms with Crippen LogP contribution in [0.3, 0.4) is 0 Å². The van der Waals surface area contributed by atoms with Crippen LogP contribution in [0.15, 0.2) is 121 Å². The van der Waals surface area contributed by atoms with Crippen molar-refractivity contribution in [2.75, 3.05) is 0 Å². The second-order valence-electron chi connectivity index (χ2n) is 8.09. The fourth-order valence-corrected chi connectivity index (χ4v) is 3.41. The van der Waals surface area contributed by atoms with Crippen LogP contribution in [0.1, 0.15) is 46.4 Å². The first kappa shape index (κ1) is 36.8. The van der Waals surface area contributed by atoms with E-state index in [0.717, 1.165) is 22.3 Å². The van der Waals surface area contributed by atoms with Gasteiger partial charge < -0.3 is 48.2 Å². The van der Waals surface area contributed by atoms with Gasteiger partial charge in [-0.25, -0.2) is 4.79 Å². The summed E-state index contributed by atoms with van der Waals surface area (Å²) in [5, 5.41) is 30.6. The minimum absolute atomic E-state index is 0. The van der Waals surface area contributed by atoms with Crippen molar-refractivity contribution in [1.29, 1.82) is 0 Å². The molecular weight excluding hydrogens is 571 g/mol. The third-order valence-electron chi connectivity index (χ3n) is 5.30. The molecule has 218 valence electrons. The molecule has 0 fully saturated rings. The summed E-state index contributed by atoms with van der Waals surface area (Å²) in [5.41, 5.74) is 35.9. The van der Waals surface area contributed by atoms with Crippen LogP contribution in [0.25, 0.3) is 22.9 Å². The van der Waals surface area contributed by atoms with Crippen molar-refractivity contribution in [2.24, 2.45) is 0 Å². The van der Waals surface area contributed by atoms with Gasteiger partial charge in [-0.05, 0) is 6.16 Å². The predicted molar refractivity (Wildman–Crippen MR) is 150 cm³/mol. The van der Waals surface area contributed by atoms with Crippen molar-refractivity contribution < 1.29 is 46.8 Å². The zero-order valence-electron chi connectivity index (χ0n) is 21.7. The Morgan fingerprint density at radius 1 is 0.463 bits per heavy atom. The zero-order chi connectivity index (χ0) is 29.9. The molecule has 0 amide bonds. The van der Waals surface area contributed by atoms with Crippen molar-refractivity contribution in [2.45, 2.75) is 24.2 Å². The number of benzene rings is 4. The monoisotopic (exact) mass is 601 g/mol. The van der Waals surface area contributed by atoms with Crippen LogP contribution < -0.4 is 10.2 Å². The number of rotatable bonds is 6. The summed E-state index contributed by atoms with van der Waals surface area (Å²) in [6, 6.07) is 36.1. The summed E-state index contributed by atoms with van der Waals surface area (Å²) in [7, 11) is 0. The molecule has 4 aromatic rings. The molecule has 0 radical (unpaired) electrons. The molecule has 0 saturated carbocycles. The number of carbonyl (C=O) groups excluding carboxylic acids is 1. The van der Waals surface area contributed by atoms with E-state index in [0.29, 0.717) is 0 Å². The summed E-state index contributed by atoms with van der Waals surface area (Å²) in [6.45, 7) is 0. The van der Waals surface area contributed by atoms with Crippen molar-refractivity contribution in [3.63, 3.8) is 0 Å². The summed E-state index contributed by atoms with van der Waals surface area (Å²) in [4.78, 5) is 16.9. The summed E-state index contributed by atoms with van der Waals surface area (Å²) < 4.78 is 0. The van der Waals surface area contributed by atoms with Crippen LogP contribution in [-0.2, 0) is 16.8 Å². The molecule has 11 heteroatoms. The van der Waals surface area contributed by atoms with Crippen LogP contribution in [0.2, 0.25) is 0 Å². The molecule has 0 aromatic heterocycles. The van der Waals surface area contributed by atoms with E-state index in [1.54, 1.807) is 0 Å². The van der Waals surface area contributed by atoms with Gasteiger partial charge in [0.1, 0.15) is 0 Å². The van der Waals surface area contributed by atoms with Gasteiger partial charge in [-0.3, -0.25) is 0 Å². The Kier molecular flexibility index (Phi) is 18.5. The third-order valence-corrected chi connectivity index (χ3v) is 5.30. The molecule has 0 aliphatic rings. The number of nitrogens with one attached hydrogen (secondary N) is 4. The van der Waals surface area contributed by atoms with Crippen molar-refractivity contribution in [3.05, 3.63) is 167 Å². The predicted octanol–water partition coefficient (Wildman–Crippen LogP) is 6.92. The van der Waals surface area contributed by atoms with E-state index in [-0.39, 0.29) is 16.8 Å². The quantitative estimate of drug-likeness (QED) is 0.239. The van der Waals surface area contributed by atoms with Gasteiger partial charge in [-0.15, -0.1) is 24.2 Å². The van der Waals surface area contributed by atoms with Gasteiger partial charge in [0.2, 0.25) is 0 Å². The average molecular weight is 602 g/mol.